The molecule has 0 atom stereocenters. The number of para-hydroxylation sites is 1. The molecule has 0 aliphatic carbocycles. The van der Waals surface area contributed by atoms with Crippen molar-refractivity contribution in [1.82, 2.24) is 33.6 Å². The highest BCUT2D eigenvalue weighted by Gasteiger charge is 2.16. The normalized spacial score (nSPS) is 11.4. The van der Waals surface area contributed by atoms with Crippen LogP contribution in [0.15, 0.2) is 40.2 Å². The second-order valence-electron chi connectivity index (χ2n) is 7.91. The van der Waals surface area contributed by atoms with E-state index in [1.165, 1.54) is 17.9 Å². The van der Waals surface area contributed by atoms with Crippen LogP contribution in [0.1, 0.15) is 24.4 Å². The third-order valence-corrected chi connectivity index (χ3v) is 5.65. The number of hydrogen-bond acceptors (Lipinski definition) is 6. The van der Waals surface area contributed by atoms with E-state index < -0.39 is 11.2 Å². The molecule has 3 heterocycles. The topological polar surface area (TPSA) is 108 Å². The van der Waals surface area contributed by atoms with Gasteiger partial charge in [-0.3, -0.25) is 18.7 Å². The van der Waals surface area contributed by atoms with Crippen molar-refractivity contribution >= 4 is 28.0 Å². The summed E-state index contributed by atoms with van der Waals surface area (Å²) in [5.74, 6) is 0.561. The number of carbonyl (C=O) groups excluding carboxylic acids is 1. The molecule has 0 aliphatic rings. The maximum atomic E-state index is 12.6. The van der Waals surface area contributed by atoms with Gasteiger partial charge in [0.25, 0.3) is 5.56 Å². The van der Waals surface area contributed by atoms with Crippen molar-refractivity contribution in [3.63, 3.8) is 0 Å². The van der Waals surface area contributed by atoms with E-state index in [0.717, 1.165) is 21.2 Å². The number of carbonyl (C=O) groups is 1. The Morgan fingerprint density at radius 2 is 1.84 bits per heavy atom. The lowest BCUT2D eigenvalue weighted by Crippen LogP contribution is -2.37. The van der Waals surface area contributed by atoms with Gasteiger partial charge in [0.05, 0.1) is 18.4 Å². The van der Waals surface area contributed by atoms with Crippen molar-refractivity contribution in [3.8, 4) is 0 Å². The Balaban J connectivity index is 1.42. The molecule has 166 valence electrons. The highest BCUT2D eigenvalue weighted by molar-refractivity contribution is 5.80. The maximum absolute atomic E-state index is 12.6. The van der Waals surface area contributed by atoms with Gasteiger partial charge in [-0.15, -0.1) is 0 Å². The van der Waals surface area contributed by atoms with Crippen LogP contribution in [0.25, 0.3) is 22.1 Å². The van der Waals surface area contributed by atoms with Crippen molar-refractivity contribution in [3.05, 3.63) is 62.9 Å². The Hall–Kier alpha value is -3.82. The van der Waals surface area contributed by atoms with Gasteiger partial charge in [-0.2, -0.15) is 0 Å². The number of amides is 1. The first kappa shape index (κ1) is 21.4. The minimum absolute atomic E-state index is 0.0378. The van der Waals surface area contributed by atoms with Crippen LogP contribution in [0.2, 0.25) is 0 Å². The second kappa shape index (κ2) is 8.37. The summed E-state index contributed by atoms with van der Waals surface area (Å²) in [6.45, 7) is 2.70. The van der Waals surface area contributed by atoms with Crippen molar-refractivity contribution in [2.75, 3.05) is 7.05 Å². The number of rotatable bonds is 6. The van der Waals surface area contributed by atoms with Crippen molar-refractivity contribution < 1.29 is 4.79 Å². The van der Waals surface area contributed by atoms with E-state index in [9.17, 15) is 14.4 Å². The van der Waals surface area contributed by atoms with Gasteiger partial charge in [0.2, 0.25) is 5.91 Å². The van der Waals surface area contributed by atoms with Gasteiger partial charge in [-0.1, -0.05) is 18.2 Å². The fourth-order valence-electron chi connectivity index (χ4n) is 3.82. The Labute approximate surface area is 183 Å². The average molecular weight is 435 g/mol. The van der Waals surface area contributed by atoms with Crippen molar-refractivity contribution in [2.45, 2.75) is 32.9 Å². The van der Waals surface area contributed by atoms with Crippen LogP contribution < -0.4 is 11.2 Å². The van der Waals surface area contributed by atoms with Gasteiger partial charge in [-0.25, -0.2) is 19.7 Å². The van der Waals surface area contributed by atoms with E-state index in [-0.39, 0.29) is 5.91 Å². The molecule has 0 radical (unpaired) electrons. The summed E-state index contributed by atoms with van der Waals surface area (Å²) in [6, 6.07) is 7.80. The summed E-state index contributed by atoms with van der Waals surface area (Å²) in [6.07, 6.45) is 2.36. The number of fused-ring (bicyclic) bond motifs is 2. The lowest BCUT2D eigenvalue weighted by Gasteiger charge is -2.17. The Bertz CT molecular complexity index is 1450. The van der Waals surface area contributed by atoms with E-state index in [1.54, 1.807) is 23.6 Å². The first-order valence-corrected chi connectivity index (χ1v) is 10.3. The Kier molecular flexibility index (Phi) is 5.60. The number of benzene rings is 1. The lowest BCUT2D eigenvalue weighted by molar-refractivity contribution is -0.130. The molecule has 1 amide bonds. The van der Waals surface area contributed by atoms with Crippen LogP contribution in [0.5, 0.6) is 0 Å². The maximum Gasteiger partial charge on any atom is 0.332 e. The monoisotopic (exact) mass is 435 g/mol. The van der Waals surface area contributed by atoms with Crippen LogP contribution in [0, 0.1) is 6.92 Å². The van der Waals surface area contributed by atoms with Crippen LogP contribution >= 0.6 is 0 Å². The van der Waals surface area contributed by atoms with Crippen LogP contribution in [-0.4, -0.2) is 46.5 Å². The lowest BCUT2D eigenvalue weighted by atomic mass is 10.2. The highest BCUT2D eigenvalue weighted by Crippen LogP contribution is 2.15. The quantitative estimate of drug-likeness (QED) is 0.449. The number of aryl methyl sites for hydroxylation is 3. The molecule has 32 heavy (non-hydrogen) atoms. The SMILES string of the molecule is Cc1nc(CN(C)C(=O)CCCn2cnc3c2c(=O)n(C)c(=O)n3C)nc2ccccc12. The molecule has 0 N–H and O–H groups in total. The average Bonchev–Trinajstić information content (AvgIpc) is 3.20. The first-order chi connectivity index (χ1) is 15.3. The molecule has 0 spiro atoms. The molecule has 3 aromatic heterocycles. The summed E-state index contributed by atoms with van der Waals surface area (Å²) in [5.41, 5.74) is 1.62. The zero-order valence-electron chi connectivity index (χ0n) is 18.6. The summed E-state index contributed by atoms with van der Waals surface area (Å²) in [5, 5.41) is 1.00. The smallest absolute Gasteiger partial charge is 0.332 e. The molecule has 0 unspecified atom stereocenters. The Morgan fingerprint density at radius 3 is 2.62 bits per heavy atom. The minimum atomic E-state index is -0.421. The number of hydrogen-bond donors (Lipinski definition) is 0. The van der Waals surface area contributed by atoms with Gasteiger partial charge >= 0.3 is 5.69 Å². The fraction of sp³-hybridized carbons (Fsp3) is 0.364. The number of aromatic nitrogens is 6. The predicted octanol–water partition coefficient (Wildman–Crippen LogP) is 1.12. The van der Waals surface area contributed by atoms with Gasteiger partial charge in [0.1, 0.15) is 5.82 Å². The minimum Gasteiger partial charge on any atom is -0.338 e. The third kappa shape index (κ3) is 3.79. The van der Waals surface area contributed by atoms with Gasteiger partial charge in [0.15, 0.2) is 11.2 Å². The van der Waals surface area contributed by atoms with E-state index in [4.69, 9.17) is 0 Å². The first-order valence-electron chi connectivity index (χ1n) is 10.3. The highest BCUT2D eigenvalue weighted by atomic mass is 16.2. The standard InChI is InChI=1S/C22H25N7O3/c1-14-15-8-5-6-9-16(15)25-17(24-14)12-26(2)18(30)10-7-11-29-13-23-20-19(29)21(31)28(4)22(32)27(20)3/h5-6,8-9,13H,7,10-12H2,1-4H3. The van der Waals surface area contributed by atoms with E-state index in [2.05, 4.69) is 15.0 Å². The molecule has 1 aromatic carbocycles. The molecule has 0 aliphatic heterocycles. The Morgan fingerprint density at radius 1 is 1.09 bits per heavy atom. The summed E-state index contributed by atoms with van der Waals surface area (Å²) in [7, 11) is 4.75. The summed E-state index contributed by atoms with van der Waals surface area (Å²) in [4.78, 5) is 52.1. The zero-order chi connectivity index (χ0) is 23.0. The molecule has 10 heteroatoms. The molecule has 4 rings (SSSR count). The van der Waals surface area contributed by atoms with Crippen LogP contribution in [0.3, 0.4) is 0 Å². The molecule has 10 nitrogen and oxygen atoms in total. The molecule has 0 fully saturated rings. The molecular formula is C22H25N7O3. The summed E-state index contributed by atoms with van der Waals surface area (Å²) >= 11 is 0. The third-order valence-electron chi connectivity index (χ3n) is 5.65. The number of nitrogens with zero attached hydrogens (tertiary/aromatic N) is 7. The molecule has 0 bridgehead atoms. The van der Waals surface area contributed by atoms with Crippen LogP contribution in [0.4, 0.5) is 0 Å². The number of imidazole rings is 1. The zero-order valence-corrected chi connectivity index (χ0v) is 18.6. The second-order valence-corrected chi connectivity index (χ2v) is 7.91. The fourth-order valence-corrected chi connectivity index (χ4v) is 3.82. The van der Waals surface area contributed by atoms with Crippen LogP contribution in [-0.2, 0) is 32.0 Å². The van der Waals surface area contributed by atoms with Crippen molar-refractivity contribution in [2.24, 2.45) is 14.1 Å². The molecule has 0 saturated heterocycles. The predicted molar refractivity (Wildman–Crippen MR) is 120 cm³/mol. The van der Waals surface area contributed by atoms with Crippen molar-refractivity contribution in [1.29, 1.82) is 0 Å². The van der Waals surface area contributed by atoms with Gasteiger partial charge in [0, 0.05) is 45.2 Å². The molecule has 0 saturated carbocycles. The van der Waals surface area contributed by atoms with E-state index in [0.29, 0.717) is 42.9 Å². The van der Waals surface area contributed by atoms with E-state index in [1.807, 2.05) is 31.2 Å². The van der Waals surface area contributed by atoms with Gasteiger partial charge < -0.3 is 9.47 Å². The van der Waals surface area contributed by atoms with Gasteiger partial charge in [-0.05, 0) is 19.4 Å². The molecular weight excluding hydrogens is 410 g/mol. The largest absolute Gasteiger partial charge is 0.338 e. The summed E-state index contributed by atoms with van der Waals surface area (Å²) < 4.78 is 4.10. The van der Waals surface area contributed by atoms with E-state index >= 15 is 0 Å². The molecule has 4 aromatic rings.